The summed E-state index contributed by atoms with van der Waals surface area (Å²) >= 11 is 0. The fourth-order valence-electron chi connectivity index (χ4n) is 5.97. The maximum atomic E-state index is 13.9. The molecule has 2 atom stereocenters. The molecule has 0 amide bonds. The van der Waals surface area contributed by atoms with Crippen LogP contribution in [-0.2, 0) is 23.9 Å². The summed E-state index contributed by atoms with van der Waals surface area (Å²) < 4.78 is 9.64. The summed E-state index contributed by atoms with van der Waals surface area (Å²) in [6.45, 7) is 7.41. The summed E-state index contributed by atoms with van der Waals surface area (Å²) in [7, 11) is 3.58. The Hall–Kier alpha value is -3.23. The molecule has 1 saturated heterocycles. The van der Waals surface area contributed by atoms with Gasteiger partial charge in [0.05, 0.1) is 0 Å². The van der Waals surface area contributed by atoms with Crippen molar-refractivity contribution in [2.75, 3.05) is 20.2 Å². The number of hydrogen-bond donors (Lipinski definition) is 1. The first-order valence-corrected chi connectivity index (χ1v) is 13.4. The van der Waals surface area contributed by atoms with Gasteiger partial charge in [0, 0.05) is 50.2 Å². The van der Waals surface area contributed by atoms with Crippen LogP contribution in [0.4, 0.5) is 0 Å². The number of aromatic amines is 1. The third-order valence-corrected chi connectivity index (χ3v) is 8.26. The van der Waals surface area contributed by atoms with Crippen molar-refractivity contribution in [3.63, 3.8) is 0 Å². The van der Waals surface area contributed by atoms with Crippen molar-refractivity contribution in [1.82, 2.24) is 29.2 Å². The number of likely N-dealkylation sites (tertiary alicyclic amines) is 1. The van der Waals surface area contributed by atoms with Crippen LogP contribution in [0.3, 0.4) is 0 Å². The first-order chi connectivity index (χ1) is 17.9. The van der Waals surface area contributed by atoms with Crippen LogP contribution in [0.2, 0.25) is 0 Å². The molecule has 0 bridgehead atoms. The van der Waals surface area contributed by atoms with Gasteiger partial charge in [-0.15, -0.1) is 10.2 Å². The number of aromatic nitrogens is 5. The monoisotopic (exact) mass is 500 g/mol. The van der Waals surface area contributed by atoms with Crippen LogP contribution in [0, 0.1) is 5.92 Å². The Morgan fingerprint density at radius 2 is 2.05 bits per heavy atom. The highest BCUT2D eigenvalue weighted by atomic mass is 16.5. The molecule has 2 aliphatic rings. The zero-order valence-electron chi connectivity index (χ0n) is 22.2. The molecule has 4 heterocycles. The first kappa shape index (κ1) is 24.1. The summed E-state index contributed by atoms with van der Waals surface area (Å²) in [5.41, 5.74) is 4.00. The standard InChI is InChI=1S/C29H36N6O2/c1-19-7-6-12-34(15-19)16-22-14-24-25(20-10-11-20)17-35(27(36)26(24)31-22)23-9-5-8-21(13-23)29(2,37-4)28-32-30-18-33(28)3/h5,8-9,13-14,17-20,31H,6-7,10-12,15-16H2,1-4H3/t19-,29?/m0/s1. The lowest BCUT2D eigenvalue weighted by Crippen LogP contribution is -2.33. The van der Waals surface area contributed by atoms with E-state index in [1.807, 2.05) is 42.8 Å². The Balaban J connectivity index is 1.42. The van der Waals surface area contributed by atoms with Gasteiger partial charge in [-0.25, -0.2) is 0 Å². The molecule has 1 aromatic carbocycles. The number of pyridine rings is 1. The number of aryl methyl sites for hydroxylation is 1. The van der Waals surface area contributed by atoms with Crippen LogP contribution < -0.4 is 5.56 Å². The maximum absolute atomic E-state index is 13.9. The zero-order valence-corrected chi connectivity index (χ0v) is 22.2. The van der Waals surface area contributed by atoms with Crippen LogP contribution >= 0.6 is 0 Å². The van der Waals surface area contributed by atoms with Gasteiger partial charge >= 0.3 is 0 Å². The number of benzene rings is 1. The van der Waals surface area contributed by atoms with Crippen molar-refractivity contribution in [1.29, 1.82) is 0 Å². The van der Waals surface area contributed by atoms with Crippen molar-refractivity contribution < 1.29 is 4.74 Å². The number of nitrogens with one attached hydrogen (secondary N) is 1. The number of hydrogen-bond acceptors (Lipinski definition) is 5. The lowest BCUT2D eigenvalue weighted by atomic mass is 9.94. The van der Waals surface area contributed by atoms with Gasteiger partial charge in [0.25, 0.3) is 5.56 Å². The predicted octanol–water partition coefficient (Wildman–Crippen LogP) is 4.47. The van der Waals surface area contributed by atoms with E-state index >= 15 is 0 Å². The van der Waals surface area contributed by atoms with E-state index in [0.29, 0.717) is 17.3 Å². The summed E-state index contributed by atoms with van der Waals surface area (Å²) in [4.78, 5) is 19.9. The molecule has 0 radical (unpaired) electrons. The van der Waals surface area contributed by atoms with Gasteiger partial charge in [0.1, 0.15) is 17.4 Å². The number of piperidine rings is 1. The van der Waals surface area contributed by atoms with Gasteiger partial charge in [0.15, 0.2) is 5.82 Å². The smallest absolute Gasteiger partial charge is 0.279 e. The van der Waals surface area contributed by atoms with Crippen LogP contribution in [0.1, 0.15) is 68.1 Å². The zero-order chi connectivity index (χ0) is 25.7. The van der Waals surface area contributed by atoms with E-state index in [1.54, 1.807) is 18.0 Å². The Kier molecular flexibility index (Phi) is 6.04. The lowest BCUT2D eigenvalue weighted by molar-refractivity contribution is 0.0288. The Morgan fingerprint density at radius 1 is 1.22 bits per heavy atom. The summed E-state index contributed by atoms with van der Waals surface area (Å²) in [5, 5.41) is 9.44. The second-order valence-electron chi connectivity index (χ2n) is 11.2. The van der Waals surface area contributed by atoms with Crippen LogP contribution in [0.25, 0.3) is 16.6 Å². The average molecular weight is 501 g/mol. The number of rotatable bonds is 7. The highest BCUT2D eigenvalue weighted by Crippen LogP contribution is 2.43. The molecule has 8 nitrogen and oxygen atoms in total. The molecule has 1 aliphatic heterocycles. The Bertz CT molecular complexity index is 1500. The molecule has 0 spiro atoms. The largest absolute Gasteiger partial charge is 0.366 e. The van der Waals surface area contributed by atoms with Crippen LogP contribution in [0.15, 0.2) is 47.7 Å². The fraction of sp³-hybridized carbons (Fsp3) is 0.483. The predicted molar refractivity (Wildman–Crippen MR) is 144 cm³/mol. The topological polar surface area (TPSA) is 81.0 Å². The molecule has 8 heteroatoms. The Labute approximate surface area is 217 Å². The molecule has 1 saturated carbocycles. The highest BCUT2D eigenvalue weighted by Gasteiger charge is 2.34. The maximum Gasteiger partial charge on any atom is 0.279 e. The van der Waals surface area contributed by atoms with Gasteiger partial charge in [0.2, 0.25) is 0 Å². The van der Waals surface area contributed by atoms with Crippen molar-refractivity contribution in [2.24, 2.45) is 13.0 Å². The molecule has 1 aliphatic carbocycles. The molecule has 1 unspecified atom stereocenters. The SMILES string of the molecule is COC(C)(c1cccc(-n2cc(C3CC3)c3cc(CN4CCC[C@H](C)C4)[nH]c3c2=O)c1)c1nncn1C. The van der Waals surface area contributed by atoms with Gasteiger partial charge in [-0.1, -0.05) is 19.1 Å². The van der Waals surface area contributed by atoms with Crippen molar-refractivity contribution in [3.05, 3.63) is 75.9 Å². The van der Waals surface area contributed by atoms with Crippen LogP contribution in [-0.4, -0.2) is 49.4 Å². The molecule has 4 aromatic rings. The lowest BCUT2D eigenvalue weighted by Gasteiger charge is -2.30. The molecule has 3 aromatic heterocycles. The molecule has 1 N–H and O–H groups in total. The third kappa shape index (κ3) is 4.32. The molecular formula is C29H36N6O2. The van der Waals surface area contributed by atoms with E-state index < -0.39 is 5.60 Å². The number of fused-ring (bicyclic) bond motifs is 1. The molecule has 2 fully saturated rings. The summed E-state index contributed by atoms with van der Waals surface area (Å²) in [6, 6.07) is 10.2. The van der Waals surface area contributed by atoms with E-state index in [-0.39, 0.29) is 5.56 Å². The molecule has 37 heavy (non-hydrogen) atoms. The van der Waals surface area contributed by atoms with Gasteiger partial charge in [-0.3, -0.25) is 14.3 Å². The number of nitrogens with zero attached hydrogens (tertiary/aromatic N) is 5. The number of H-pyrrole nitrogens is 1. The minimum atomic E-state index is -0.806. The van der Waals surface area contributed by atoms with Crippen LogP contribution in [0.5, 0.6) is 0 Å². The number of ether oxygens (including phenoxy) is 1. The summed E-state index contributed by atoms with van der Waals surface area (Å²) in [5.74, 6) is 1.94. The highest BCUT2D eigenvalue weighted by molar-refractivity contribution is 5.84. The van der Waals surface area contributed by atoms with Crippen molar-refractivity contribution >= 4 is 10.9 Å². The molecule has 194 valence electrons. The van der Waals surface area contributed by atoms with Gasteiger partial charge < -0.3 is 14.3 Å². The van der Waals surface area contributed by atoms with Crippen molar-refractivity contribution in [2.45, 2.75) is 57.6 Å². The third-order valence-electron chi connectivity index (χ3n) is 8.26. The first-order valence-electron chi connectivity index (χ1n) is 13.4. The van der Waals surface area contributed by atoms with E-state index in [0.717, 1.165) is 47.9 Å². The fourth-order valence-corrected chi connectivity index (χ4v) is 5.97. The number of methoxy groups -OCH3 is 1. The van der Waals surface area contributed by atoms with E-state index in [1.165, 1.54) is 31.2 Å². The normalized spacial score (nSPS) is 20.4. The van der Waals surface area contributed by atoms with Gasteiger partial charge in [-0.2, -0.15) is 0 Å². The second kappa shape index (κ2) is 9.26. The Morgan fingerprint density at radius 3 is 2.76 bits per heavy atom. The average Bonchev–Trinajstić information content (AvgIpc) is 3.50. The molecule has 6 rings (SSSR count). The van der Waals surface area contributed by atoms with E-state index in [9.17, 15) is 4.79 Å². The summed E-state index contributed by atoms with van der Waals surface area (Å²) in [6.07, 6.45) is 8.62. The quantitative estimate of drug-likeness (QED) is 0.405. The molecular weight excluding hydrogens is 464 g/mol. The van der Waals surface area contributed by atoms with Crippen molar-refractivity contribution in [3.8, 4) is 5.69 Å². The second-order valence-corrected chi connectivity index (χ2v) is 11.2. The van der Waals surface area contributed by atoms with Gasteiger partial charge in [-0.05, 0) is 80.3 Å². The van der Waals surface area contributed by atoms with E-state index in [2.05, 4.69) is 39.3 Å². The minimum Gasteiger partial charge on any atom is -0.366 e. The minimum absolute atomic E-state index is 0.0207. The van der Waals surface area contributed by atoms with E-state index in [4.69, 9.17) is 4.74 Å².